The summed E-state index contributed by atoms with van der Waals surface area (Å²) in [6.07, 6.45) is 0.880. The van der Waals surface area contributed by atoms with Crippen LogP contribution in [0.3, 0.4) is 0 Å². The molecule has 2 heterocycles. The first-order valence-corrected chi connectivity index (χ1v) is 8.75. The van der Waals surface area contributed by atoms with Crippen LogP contribution in [0.4, 0.5) is 4.39 Å². The van der Waals surface area contributed by atoms with Gasteiger partial charge in [-0.05, 0) is 38.5 Å². The molecule has 0 spiro atoms. The molecule has 25 heavy (non-hydrogen) atoms. The average molecular weight is 348 g/mol. The third kappa shape index (κ3) is 3.34. The lowest BCUT2D eigenvalue weighted by molar-refractivity contribution is -0.143. The summed E-state index contributed by atoms with van der Waals surface area (Å²) in [5, 5.41) is 0. The lowest BCUT2D eigenvalue weighted by Crippen LogP contribution is -2.57. The van der Waals surface area contributed by atoms with E-state index in [4.69, 9.17) is 4.74 Å². The predicted molar refractivity (Wildman–Crippen MR) is 92.5 cm³/mol. The molecule has 0 saturated carbocycles. The Morgan fingerprint density at radius 3 is 2.76 bits per heavy atom. The standard InChI is InChI=1S/C19H25FN2O3/c1-13-11-21(18(24)19(2,3)12-20)7-8-22(13)17(23)15-5-4-14-6-9-25-16(14)10-15/h4-5,10,13H,6-9,11-12H2,1-3H3/t13-/m1/s1. The van der Waals surface area contributed by atoms with E-state index in [9.17, 15) is 14.0 Å². The summed E-state index contributed by atoms with van der Waals surface area (Å²) in [5.41, 5.74) is 0.730. The fourth-order valence-corrected chi connectivity index (χ4v) is 3.39. The summed E-state index contributed by atoms with van der Waals surface area (Å²) in [5.74, 6) is 0.541. The van der Waals surface area contributed by atoms with Crippen molar-refractivity contribution in [1.29, 1.82) is 0 Å². The van der Waals surface area contributed by atoms with Gasteiger partial charge in [0.2, 0.25) is 5.91 Å². The molecule has 0 aliphatic carbocycles. The molecule has 0 N–H and O–H groups in total. The molecular formula is C19H25FN2O3. The van der Waals surface area contributed by atoms with Crippen LogP contribution >= 0.6 is 0 Å². The highest BCUT2D eigenvalue weighted by molar-refractivity contribution is 5.95. The van der Waals surface area contributed by atoms with Gasteiger partial charge in [0, 0.05) is 37.7 Å². The van der Waals surface area contributed by atoms with E-state index in [0.717, 1.165) is 17.7 Å². The molecule has 0 bridgehead atoms. The number of rotatable bonds is 3. The Bertz CT molecular complexity index is 689. The lowest BCUT2D eigenvalue weighted by Gasteiger charge is -2.42. The molecule has 1 saturated heterocycles. The normalized spacial score (nSPS) is 20.2. The number of fused-ring (bicyclic) bond motifs is 1. The monoisotopic (exact) mass is 348 g/mol. The van der Waals surface area contributed by atoms with Crippen LogP contribution in [0.2, 0.25) is 0 Å². The molecule has 136 valence electrons. The molecule has 1 aromatic carbocycles. The van der Waals surface area contributed by atoms with Crippen LogP contribution in [0.25, 0.3) is 0 Å². The van der Waals surface area contributed by atoms with Crippen molar-refractivity contribution < 1.29 is 18.7 Å². The minimum absolute atomic E-state index is 0.0531. The summed E-state index contributed by atoms with van der Waals surface area (Å²) in [4.78, 5) is 28.7. The van der Waals surface area contributed by atoms with Crippen molar-refractivity contribution in [3.8, 4) is 5.75 Å². The van der Waals surface area contributed by atoms with Crippen LogP contribution in [0.1, 0.15) is 36.7 Å². The van der Waals surface area contributed by atoms with Gasteiger partial charge in [-0.15, -0.1) is 0 Å². The molecule has 0 radical (unpaired) electrons. The molecule has 2 aliphatic heterocycles. The topological polar surface area (TPSA) is 49.9 Å². The number of carbonyl (C=O) groups is 2. The first-order chi connectivity index (χ1) is 11.8. The number of halogens is 1. The summed E-state index contributed by atoms with van der Waals surface area (Å²) < 4.78 is 18.6. The molecule has 2 amide bonds. The summed E-state index contributed by atoms with van der Waals surface area (Å²) >= 11 is 0. The number of alkyl halides is 1. The number of amides is 2. The quantitative estimate of drug-likeness (QED) is 0.842. The van der Waals surface area contributed by atoms with Gasteiger partial charge in [0.25, 0.3) is 5.91 Å². The second kappa shape index (κ2) is 6.65. The van der Waals surface area contributed by atoms with E-state index in [2.05, 4.69) is 0 Å². The first-order valence-electron chi connectivity index (χ1n) is 8.75. The third-order valence-electron chi connectivity index (χ3n) is 5.03. The predicted octanol–water partition coefficient (Wildman–Crippen LogP) is 2.29. The van der Waals surface area contributed by atoms with E-state index in [1.54, 1.807) is 29.7 Å². The highest BCUT2D eigenvalue weighted by Crippen LogP contribution is 2.28. The maximum atomic E-state index is 13.1. The number of ether oxygens (including phenoxy) is 1. The van der Waals surface area contributed by atoms with Crippen molar-refractivity contribution in [2.45, 2.75) is 33.2 Å². The van der Waals surface area contributed by atoms with Crippen molar-refractivity contribution in [3.05, 3.63) is 29.3 Å². The van der Waals surface area contributed by atoms with Gasteiger partial charge < -0.3 is 14.5 Å². The summed E-state index contributed by atoms with van der Waals surface area (Å²) in [6.45, 7) is 6.43. The molecule has 0 unspecified atom stereocenters. The van der Waals surface area contributed by atoms with Crippen molar-refractivity contribution in [2.75, 3.05) is 32.9 Å². The van der Waals surface area contributed by atoms with Crippen LogP contribution in [0, 0.1) is 5.41 Å². The Kier molecular flexibility index (Phi) is 4.71. The molecule has 0 aromatic heterocycles. The number of nitrogens with zero attached hydrogens (tertiary/aromatic N) is 2. The molecular weight excluding hydrogens is 323 g/mol. The average Bonchev–Trinajstić information content (AvgIpc) is 3.08. The molecule has 6 heteroatoms. The first kappa shape index (κ1) is 17.7. The highest BCUT2D eigenvalue weighted by Gasteiger charge is 2.37. The van der Waals surface area contributed by atoms with Gasteiger partial charge in [-0.3, -0.25) is 9.59 Å². The maximum absolute atomic E-state index is 13.1. The fourth-order valence-electron chi connectivity index (χ4n) is 3.39. The number of hydrogen-bond donors (Lipinski definition) is 0. The lowest BCUT2D eigenvalue weighted by atomic mass is 9.92. The second-order valence-electron chi connectivity index (χ2n) is 7.54. The van der Waals surface area contributed by atoms with Crippen molar-refractivity contribution in [3.63, 3.8) is 0 Å². The van der Waals surface area contributed by atoms with Gasteiger partial charge in [0.1, 0.15) is 12.4 Å². The Balaban J connectivity index is 1.69. The fraction of sp³-hybridized carbons (Fsp3) is 0.579. The zero-order valence-electron chi connectivity index (χ0n) is 15.0. The molecule has 5 nitrogen and oxygen atoms in total. The maximum Gasteiger partial charge on any atom is 0.254 e. The molecule has 1 fully saturated rings. The highest BCUT2D eigenvalue weighted by atomic mass is 19.1. The molecule has 3 rings (SSSR count). The Morgan fingerprint density at radius 1 is 1.32 bits per heavy atom. The van der Waals surface area contributed by atoms with E-state index < -0.39 is 12.1 Å². The van der Waals surface area contributed by atoms with Gasteiger partial charge in [-0.25, -0.2) is 4.39 Å². The zero-order valence-corrected chi connectivity index (χ0v) is 15.0. The van der Waals surface area contributed by atoms with E-state index in [1.807, 2.05) is 19.1 Å². The second-order valence-corrected chi connectivity index (χ2v) is 7.54. The van der Waals surface area contributed by atoms with Gasteiger partial charge >= 0.3 is 0 Å². The van der Waals surface area contributed by atoms with Crippen molar-refractivity contribution in [2.24, 2.45) is 5.41 Å². The minimum atomic E-state index is -1.01. The molecule has 1 atom stereocenters. The number of piperazine rings is 1. The number of hydrogen-bond acceptors (Lipinski definition) is 3. The molecule has 1 aromatic rings. The summed E-state index contributed by atoms with van der Waals surface area (Å²) in [6, 6.07) is 5.48. The van der Waals surface area contributed by atoms with Gasteiger partial charge in [0.15, 0.2) is 0 Å². The van der Waals surface area contributed by atoms with Gasteiger partial charge in [-0.1, -0.05) is 6.07 Å². The van der Waals surface area contributed by atoms with Crippen molar-refractivity contribution >= 4 is 11.8 Å². The Morgan fingerprint density at radius 2 is 2.08 bits per heavy atom. The zero-order chi connectivity index (χ0) is 18.2. The Labute approximate surface area is 147 Å². The van der Waals surface area contributed by atoms with Crippen LogP contribution in [0.15, 0.2) is 18.2 Å². The van der Waals surface area contributed by atoms with E-state index in [0.29, 0.717) is 31.8 Å². The number of carbonyl (C=O) groups excluding carboxylic acids is 2. The Hall–Kier alpha value is -2.11. The van der Waals surface area contributed by atoms with Gasteiger partial charge in [0.05, 0.1) is 12.0 Å². The minimum Gasteiger partial charge on any atom is -0.493 e. The van der Waals surface area contributed by atoms with E-state index >= 15 is 0 Å². The van der Waals surface area contributed by atoms with Crippen LogP contribution in [-0.4, -0.2) is 60.6 Å². The van der Waals surface area contributed by atoms with Crippen LogP contribution in [0.5, 0.6) is 5.75 Å². The smallest absolute Gasteiger partial charge is 0.254 e. The third-order valence-corrected chi connectivity index (χ3v) is 5.03. The SMILES string of the molecule is C[C@@H]1CN(C(=O)C(C)(C)CF)CCN1C(=O)c1ccc2c(c1)OCC2. The van der Waals surface area contributed by atoms with E-state index in [1.165, 1.54) is 0 Å². The van der Waals surface area contributed by atoms with E-state index in [-0.39, 0.29) is 17.9 Å². The molecule has 2 aliphatic rings. The number of benzene rings is 1. The summed E-state index contributed by atoms with van der Waals surface area (Å²) in [7, 11) is 0. The largest absolute Gasteiger partial charge is 0.493 e. The van der Waals surface area contributed by atoms with Crippen LogP contribution < -0.4 is 4.74 Å². The van der Waals surface area contributed by atoms with Crippen LogP contribution in [-0.2, 0) is 11.2 Å². The van der Waals surface area contributed by atoms with Crippen molar-refractivity contribution in [1.82, 2.24) is 9.80 Å². The van der Waals surface area contributed by atoms with Gasteiger partial charge in [-0.2, -0.15) is 0 Å².